The summed E-state index contributed by atoms with van der Waals surface area (Å²) in [5.74, 6) is 0. The molecule has 32 valence electrons. The summed E-state index contributed by atoms with van der Waals surface area (Å²) in [5.41, 5.74) is 0. The number of rotatable bonds is 0. The molecule has 0 aliphatic carbocycles. The molecule has 0 aliphatic heterocycles. The van der Waals surface area contributed by atoms with Crippen molar-refractivity contribution in [1.82, 2.24) is 0 Å². The summed E-state index contributed by atoms with van der Waals surface area (Å²) < 4.78 is 3.25. The van der Waals surface area contributed by atoms with Crippen LogP contribution in [0.3, 0.4) is 0 Å². The molecular formula is C2MgN2Se2. The van der Waals surface area contributed by atoms with Crippen molar-refractivity contribution in [1.29, 1.82) is 0 Å². The van der Waals surface area contributed by atoms with Gasteiger partial charge in [-0.05, 0) is 0 Å². The average molecular weight is 234 g/mol. The molecule has 0 rings (SSSR count). The van der Waals surface area contributed by atoms with Crippen LogP contribution in [0.1, 0.15) is 0 Å². The van der Waals surface area contributed by atoms with Gasteiger partial charge in [0, 0.05) is 0 Å². The Hall–Kier alpha value is 0.965. The Morgan fingerprint density at radius 1 is 1.00 bits per heavy atom. The van der Waals surface area contributed by atoms with Crippen molar-refractivity contribution >= 4 is 63.6 Å². The molecular weight excluding hydrogens is 234 g/mol. The first-order valence-corrected chi connectivity index (χ1v) is 2.57. The molecule has 0 saturated carbocycles. The van der Waals surface area contributed by atoms with E-state index in [9.17, 15) is 0 Å². The fourth-order valence-electron chi connectivity index (χ4n) is 0. The summed E-state index contributed by atoms with van der Waals surface area (Å²) in [6.45, 7) is 0. The first-order valence-electron chi connectivity index (χ1n) is 0.855. The second-order valence-electron chi connectivity index (χ2n) is 0.183. The summed E-state index contributed by atoms with van der Waals surface area (Å²) in [6, 6.07) is 0. The van der Waals surface area contributed by atoms with Crippen molar-refractivity contribution in [3.63, 3.8) is 0 Å². The number of nitrogens with zero attached hydrogens (tertiary/aromatic N) is 2. The fourth-order valence-corrected chi connectivity index (χ4v) is 0. The molecule has 0 bridgehead atoms. The van der Waals surface area contributed by atoms with Crippen LogP contribution in [0, 0.1) is 0 Å². The number of hydrogen-bond donors (Lipinski definition) is 0. The van der Waals surface area contributed by atoms with Gasteiger partial charge in [-0.15, -0.1) is 0 Å². The Labute approximate surface area is 73.9 Å². The quantitative estimate of drug-likeness (QED) is 0.376. The summed E-state index contributed by atoms with van der Waals surface area (Å²) in [6.07, 6.45) is 0. The topological polar surface area (TPSA) is 44.6 Å². The van der Waals surface area contributed by atoms with E-state index in [2.05, 4.69) is 31.2 Å². The maximum atomic E-state index is 7.26. The van der Waals surface area contributed by atoms with Crippen molar-refractivity contribution in [2.45, 2.75) is 0 Å². The molecule has 0 aromatic heterocycles. The van der Waals surface area contributed by atoms with E-state index in [1.165, 1.54) is 0 Å². The van der Waals surface area contributed by atoms with Crippen LogP contribution in [0.15, 0.2) is 0 Å². The Morgan fingerprint density at radius 3 is 1.00 bits per heavy atom. The van der Waals surface area contributed by atoms with E-state index in [1.807, 2.05) is 0 Å². The van der Waals surface area contributed by atoms with Gasteiger partial charge in [0.1, 0.15) is 0 Å². The molecule has 0 saturated heterocycles. The van der Waals surface area contributed by atoms with E-state index in [4.69, 9.17) is 10.8 Å². The molecule has 0 radical (unpaired) electrons. The molecule has 0 heterocycles. The zero-order chi connectivity index (χ0) is 5.41. The standard InChI is InChI=1S/2CNSe.Mg/c2*2-1-3;/q2*-1;+2. The van der Waals surface area contributed by atoms with Crippen molar-refractivity contribution in [3.8, 4) is 0 Å². The predicted octanol–water partition coefficient (Wildman–Crippen LogP) is -1.12. The van der Waals surface area contributed by atoms with E-state index in [0.717, 1.165) is 0 Å². The van der Waals surface area contributed by atoms with Gasteiger partial charge in [0.2, 0.25) is 0 Å². The van der Waals surface area contributed by atoms with Crippen LogP contribution in [-0.2, 0) is 0 Å². The zero-order valence-corrected chi connectivity index (χ0v) is 8.26. The molecule has 0 fully saturated rings. The molecule has 0 spiro atoms. The van der Waals surface area contributed by atoms with E-state index >= 15 is 0 Å². The van der Waals surface area contributed by atoms with Gasteiger partial charge in [-0.1, -0.05) is 0 Å². The van der Waals surface area contributed by atoms with E-state index in [0.29, 0.717) is 0 Å². The van der Waals surface area contributed by atoms with Crippen molar-refractivity contribution < 1.29 is 0 Å². The van der Waals surface area contributed by atoms with Crippen LogP contribution in [0.4, 0.5) is 0 Å². The Bertz CT molecular complexity index is 67.7. The SMILES string of the molecule is [Mg+2].[N-]=C=[Se].[N-]=C=[Se]. The summed E-state index contributed by atoms with van der Waals surface area (Å²) in [4.78, 5) is 0. The summed E-state index contributed by atoms with van der Waals surface area (Å²) in [7, 11) is 0. The molecule has 0 aromatic rings. The first kappa shape index (κ1) is 15.7. The van der Waals surface area contributed by atoms with Gasteiger partial charge in [-0.25, -0.2) is 0 Å². The van der Waals surface area contributed by atoms with E-state index < -0.39 is 0 Å². The average Bonchev–Trinajstić information content (AvgIpc) is 1.39. The normalized spacial score (nSPS) is 2.29. The van der Waals surface area contributed by atoms with Gasteiger partial charge in [0.05, 0.1) is 0 Å². The van der Waals surface area contributed by atoms with E-state index in [-0.39, 0.29) is 23.1 Å². The minimum absolute atomic E-state index is 0. The van der Waals surface area contributed by atoms with Crippen LogP contribution in [-0.4, -0.2) is 63.6 Å². The Morgan fingerprint density at radius 2 is 1.00 bits per heavy atom. The number of hydrogen-bond acceptors (Lipinski definition) is 0. The molecule has 0 atom stereocenters. The van der Waals surface area contributed by atoms with Gasteiger partial charge in [0.25, 0.3) is 0 Å². The molecule has 0 aromatic carbocycles. The van der Waals surface area contributed by atoms with Crippen LogP contribution in [0.5, 0.6) is 0 Å². The van der Waals surface area contributed by atoms with Gasteiger partial charge in [-0.3, -0.25) is 0 Å². The molecule has 0 unspecified atom stereocenters. The van der Waals surface area contributed by atoms with Crippen LogP contribution in [0.25, 0.3) is 10.8 Å². The Balaban J connectivity index is -0.0000000400. The molecule has 2 nitrogen and oxygen atoms in total. The second kappa shape index (κ2) is 28.2. The third-order valence-corrected chi connectivity index (χ3v) is 0. The van der Waals surface area contributed by atoms with Crippen LogP contribution in [0.2, 0.25) is 0 Å². The zero-order valence-electron chi connectivity index (χ0n) is 3.42. The van der Waals surface area contributed by atoms with Crippen LogP contribution >= 0.6 is 0 Å². The van der Waals surface area contributed by atoms with Crippen molar-refractivity contribution in [2.75, 3.05) is 0 Å². The third kappa shape index (κ3) is 184. The van der Waals surface area contributed by atoms with Crippen LogP contribution < -0.4 is 0 Å². The van der Waals surface area contributed by atoms with Gasteiger partial charge < -0.3 is 0 Å². The monoisotopic (exact) mass is 236 g/mol. The molecule has 0 amide bonds. The predicted molar refractivity (Wildman–Crippen MR) is 34.0 cm³/mol. The van der Waals surface area contributed by atoms with Gasteiger partial charge >= 0.3 is 74.5 Å². The first-order chi connectivity index (χ1) is 2.83. The summed E-state index contributed by atoms with van der Waals surface area (Å²) in [5, 5.41) is 14.5. The van der Waals surface area contributed by atoms with Gasteiger partial charge in [-0.2, -0.15) is 0 Å². The molecule has 7 heavy (non-hydrogen) atoms. The fraction of sp³-hybridized carbons (Fsp3) is 0. The van der Waals surface area contributed by atoms with Crippen molar-refractivity contribution in [3.05, 3.63) is 10.8 Å². The second-order valence-corrected chi connectivity index (χ2v) is 0.949. The van der Waals surface area contributed by atoms with E-state index in [1.54, 1.807) is 9.43 Å². The van der Waals surface area contributed by atoms with Crippen molar-refractivity contribution in [2.24, 2.45) is 0 Å². The molecule has 0 N–H and O–H groups in total. The maximum absolute atomic E-state index is 7.26. The van der Waals surface area contributed by atoms with Gasteiger partial charge in [0.15, 0.2) is 0 Å². The minimum atomic E-state index is 0. The third-order valence-electron chi connectivity index (χ3n) is 0. The molecule has 0 aliphatic rings. The Kier molecular flexibility index (Phi) is 63.1. The molecule has 5 heteroatoms. The summed E-state index contributed by atoms with van der Waals surface area (Å²) >= 11 is 4.22.